The van der Waals surface area contributed by atoms with Gasteiger partial charge in [0.05, 0.1) is 0 Å². The van der Waals surface area contributed by atoms with E-state index in [0.717, 1.165) is 11.5 Å². The minimum atomic E-state index is 0. The Labute approximate surface area is 107 Å². The largest absolute Gasteiger partial charge is 0.457 e. The summed E-state index contributed by atoms with van der Waals surface area (Å²) in [5, 5.41) is 0. The first-order chi connectivity index (χ1) is 7.90. The zero-order chi connectivity index (χ0) is 11.0. The van der Waals surface area contributed by atoms with Gasteiger partial charge in [0.15, 0.2) is 0 Å². The highest BCUT2D eigenvalue weighted by molar-refractivity contribution is 5.85. The fourth-order valence-corrected chi connectivity index (χ4v) is 2.26. The summed E-state index contributed by atoms with van der Waals surface area (Å²) < 4.78 is 5.85. The second-order valence-electron chi connectivity index (χ2n) is 3.97. The number of ether oxygens (including phenoxy) is 1. The molecule has 0 amide bonds. The van der Waals surface area contributed by atoms with Crippen LogP contribution in [0.25, 0.3) is 0 Å². The smallest absolute Gasteiger partial charge is 0.131 e. The molecule has 2 aromatic rings. The van der Waals surface area contributed by atoms with Crippen molar-refractivity contribution < 1.29 is 4.74 Å². The Kier molecular flexibility index (Phi) is 3.36. The standard InChI is InChI=1S/C14H13NO.ClH/c15-9-12-10-5-1-3-7-13(10)16-14-8-4-2-6-11(12)14;/h1-8,12H,9,15H2;1H. The summed E-state index contributed by atoms with van der Waals surface area (Å²) in [7, 11) is 0. The number of fused-ring (bicyclic) bond motifs is 2. The van der Waals surface area contributed by atoms with Gasteiger partial charge in [-0.15, -0.1) is 12.4 Å². The molecule has 1 aliphatic rings. The summed E-state index contributed by atoms with van der Waals surface area (Å²) in [5.41, 5.74) is 8.25. The van der Waals surface area contributed by atoms with Crippen LogP contribution in [-0.2, 0) is 0 Å². The lowest BCUT2D eigenvalue weighted by Gasteiger charge is -2.27. The topological polar surface area (TPSA) is 35.2 Å². The molecule has 1 aliphatic heterocycles. The molecule has 3 heteroatoms. The summed E-state index contributed by atoms with van der Waals surface area (Å²) >= 11 is 0. The number of benzene rings is 2. The van der Waals surface area contributed by atoms with Crippen LogP contribution in [0.5, 0.6) is 11.5 Å². The lowest BCUT2D eigenvalue weighted by Crippen LogP contribution is -2.18. The quantitative estimate of drug-likeness (QED) is 0.839. The third-order valence-corrected chi connectivity index (χ3v) is 3.04. The number of nitrogens with two attached hydrogens (primary N) is 1. The van der Waals surface area contributed by atoms with Gasteiger partial charge in [0.25, 0.3) is 0 Å². The molecule has 17 heavy (non-hydrogen) atoms. The van der Waals surface area contributed by atoms with E-state index in [0.29, 0.717) is 6.54 Å². The van der Waals surface area contributed by atoms with Gasteiger partial charge in [-0.05, 0) is 12.1 Å². The van der Waals surface area contributed by atoms with E-state index in [1.807, 2.05) is 36.4 Å². The highest BCUT2D eigenvalue weighted by Crippen LogP contribution is 2.42. The van der Waals surface area contributed by atoms with Crippen LogP contribution in [0.3, 0.4) is 0 Å². The van der Waals surface area contributed by atoms with Crippen molar-refractivity contribution in [1.29, 1.82) is 0 Å². The molecule has 0 saturated heterocycles. The Hall–Kier alpha value is -1.51. The molecule has 0 radical (unpaired) electrons. The molecule has 0 fully saturated rings. The van der Waals surface area contributed by atoms with Gasteiger partial charge in [0.1, 0.15) is 11.5 Å². The molecule has 0 spiro atoms. The molecule has 0 unspecified atom stereocenters. The monoisotopic (exact) mass is 247 g/mol. The fourth-order valence-electron chi connectivity index (χ4n) is 2.26. The molecule has 0 aliphatic carbocycles. The third kappa shape index (κ3) is 1.90. The van der Waals surface area contributed by atoms with Crippen molar-refractivity contribution in [2.45, 2.75) is 5.92 Å². The minimum Gasteiger partial charge on any atom is -0.457 e. The van der Waals surface area contributed by atoms with Gasteiger partial charge in [-0.25, -0.2) is 0 Å². The molecular formula is C14H14ClNO. The highest BCUT2D eigenvalue weighted by Gasteiger charge is 2.25. The van der Waals surface area contributed by atoms with E-state index in [1.165, 1.54) is 11.1 Å². The zero-order valence-electron chi connectivity index (χ0n) is 9.30. The summed E-state index contributed by atoms with van der Waals surface area (Å²) in [6.45, 7) is 0.609. The summed E-state index contributed by atoms with van der Waals surface area (Å²) in [6.07, 6.45) is 0. The first-order valence-electron chi connectivity index (χ1n) is 5.46. The van der Waals surface area contributed by atoms with E-state index in [1.54, 1.807) is 0 Å². The maximum Gasteiger partial charge on any atom is 0.131 e. The van der Waals surface area contributed by atoms with Gasteiger partial charge < -0.3 is 10.5 Å². The molecular weight excluding hydrogens is 234 g/mol. The average molecular weight is 248 g/mol. The van der Waals surface area contributed by atoms with E-state index in [2.05, 4.69) is 12.1 Å². The summed E-state index contributed by atoms with van der Waals surface area (Å²) in [4.78, 5) is 0. The predicted octanol–water partition coefficient (Wildman–Crippen LogP) is 3.30. The van der Waals surface area contributed by atoms with Crippen molar-refractivity contribution in [3.05, 3.63) is 59.7 Å². The molecule has 2 N–H and O–H groups in total. The lowest BCUT2D eigenvalue weighted by molar-refractivity contribution is 0.446. The van der Waals surface area contributed by atoms with Crippen LogP contribution in [-0.4, -0.2) is 6.54 Å². The van der Waals surface area contributed by atoms with Crippen molar-refractivity contribution in [3.63, 3.8) is 0 Å². The Morgan fingerprint density at radius 3 is 1.82 bits per heavy atom. The third-order valence-electron chi connectivity index (χ3n) is 3.04. The number of para-hydroxylation sites is 2. The van der Waals surface area contributed by atoms with Gasteiger partial charge in [0.2, 0.25) is 0 Å². The number of hydrogen-bond donors (Lipinski definition) is 1. The molecule has 2 nitrogen and oxygen atoms in total. The van der Waals surface area contributed by atoms with E-state index in [9.17, 15) is 0 Å². The van der Waals surface area contributed by atoms with Crippen LogP contribution < -0.4 is 10.5 Å². The van der Waals surface area contributed by atoms with Crippen LogP contribution in [0.1, 0.15) is 17.0 Å². The molecule has 1 heterocycles. The second kappa shape index (κ2) is 4.78. The molecule has 3 rings (SSSR count). The summed E-state index contributed by atoms with van der Waals surface area (Å²) in [5.74, 6) is 2.11. The van der Waals surface area contributed by atoms with Crippen LogP contribution in [0.15, 0.2) is 48.5 Å². The molecule has 0 atom stereocenters. The Morgan fingerprint density at radius 1 is 0.882 bits per heavy atom. The maximum atomic E-state index is 5.88. The minimum absolute atomic E-state index is 0. The Bertz CT molecular complexity index is 482. The Morgan fingerprint density at radius 2 is 1.35 bits per heavy atom. The molecule has 0 saturated carbocycles. The van der Waals surface area contributed by atoms with Crippen LogP contribution in [0.4, 0.5) is 0 Å². The van der Waals surface area contributed by atoms with Crippen LogP contribution in [0, 0.1) is 0 Å². The van der Waals surface area contributed by atoms with Crippen molar-refractivity contribution in [1.82, 2.24) is 0 Å². The van der Waals surface area contributed by atoms with Crippen molar-refractivity contribution in [2.24, 2.45) is 5.73 Å². The second-order valence-corrected chi connectivity index (χ2v) is 3.97. The number of hydrogen-bond acceptors (Lipinski definition) is 2. The highest BCUT2D eigenvalue weighted by atomic mass is 35.5. The summed E-state index contributed by atoms with van der Waals surface area (Å²) in [6, 6.07) is 16.2. The van der Waals surface area contributed by atoms with Gasteiger partial charge in [0, 0.05) is 23.6 Å². The first kappa shape index (κ1) is 12.0. The van der Waals surface area contributed by atoms with Crippen molar-refractivity contribution in [2.75, 3.05) is 6.54 Å². The molecule has 0 bridgehead atoms. The lowest BCUT2D eigenvalue weighted by atomic mass is 9.88. The predicted molar refractivity (Wildman–Crippen MR) is 71.1 cm³/mol. The van der Waals surface area contributed by atoms with E-state index < -0.39 is 0 Å². The molecule has 88 valence electrons. The van der Waals surface area contributed by atoms with E-state index in [-0.39, 0.29) is 18.3 Å². The SMILES string of the molecule is Cl.NCC1c2ccccc2Oc2ccccc21. The number of halogens is 1. The average Bonchev–Trinajstić information content (AvgIpc) is 2.36. The van der Waals surface area contributed by atoms with Gasteiger partial charge in [-0.2, -0.15) is 0 Å². The van der Waals surface area contributed by atoms with E-state index >= 15 is 0 Å². The first-order valence-corrected chi connectivity index (χ1v) is 5.46. The number of rotatable bonds is 1. The van der Waals surface area contributed by atoms with Gasteiger partial charge >= 0.3 is 0 Å². The van der Waals surface area contributed by atoms with Gasteiger partial charge in [-0.3, -0.25) is 0 Å². The molecule has 2 aromatic carbocycles. The fraction of sp³-hybridized carbons (Fsp3) is 0.143. The van der Waals surface area contributed by atoms with Crippen LogP contribution in [0.2, 0.25) is 0 Å². The Balaban J connectivity index is 0.00000108. The maximum absolute atomic E-state index is 5.88. The zero-order valence-corrected chi connectivity index (χ0v) is 10.1. The van der Waals surface area contributed by atoms with Crippen molar-refractivity contribution in [3.8, 4) is 11.5 Å². The van der Waals surface area contributed by atoms with E-state index in [4.69, 9.17) is 10.5 Å². The van der Waals surface area contributed by atoms with Gasteiger partial charge in [-0.1, -0.05) is 36.4 Å². The molecule has 0 aromatic heterocycles. The van der Waals surface area contributed by atoms with Crippen molar-refractivity contribution >= 4 is 12.4 Å². The normalized spacial score (nSPS) is 13.0. The van der Waals surface area contributed by atoms with Crippen LogP contribution >= 0.6 is 12.4 Å².